The molecule has 0 bridgehead atoms. The predicted octanol–water partition coefficient (Wildman–Crippen LogP) is 0.666. The largest absolute Gasteiger partial charge is 0.369 e. The first kappa shape index (κ1) is 12.6. The van der Waals surface area contributed by atoms with Gasteiger partial charge in [-0.05, 0) is 24.3 Å². The van der Waals surface area contributed by atoms with Gasteiger partial charge in [0.15, 0.2) is 0 Å². The summed E-state index contributed by atoms with van der Waals surface area (Å²) in [6.45, 7) is 2.11. The van der Waals surface area contributed by atoms with Gasteiger partial charge in [-0.25, -0.2) is 5.14 Å². The molecular weight excluding hydrogens is 262 g/mol. The Hall–Kier alpha value is -0.820. The van der Waals surface area contributed by atoms with Gasteiger partial charge in [0, 0.05) is 36.9 Å². The van der Waals surface area contributed by atoms with Gasteiger partial charge in [0.25, 0.3) is 10.2 Å². The molecule has 1 fully saturated rings. The summed E-state index contributed by atoms with van der Waals surface area (Å²) in [5.74, 6) is 0. The molecule has 17 heavy (non-hydrogen) atoms. The van der Waals surface area contributed by atoms with Gasteiger partial charge < -0.3 is 4.90 Å². The zero-order chi connectivity index (χ0) is 12.5. The first-order valence-electron chi connectivity index (χ1n) is 5.25. The SMILES string of the molecule is NS(=O)(=O)N1CCN(c2ccc(Cl)cc2)CC1. The molecule has 1 aromatic rings. The molecule has 0 unspecified atom stereocenters. The van der Waals surface area contributed by atoms with Crippen LogP contribution in [0.3, 0.4) is 0 Å². The van der Waals surface area contributed by atoms with E-state index in [1.165, 1.54) is 4.31 Å². The highest BCUT2D eigenvalue weighted by Gasteiger charge is 2.23. The van der Waals surface area contributed by atoms with Crippen LogP contribution in [-0.4, -0.2) is 38.9 Å². The third-order valence-electron chi connectivity index (χ3n) is 2.79. The number of anilines is 1. The van der Waals surface area contributed by atoms with E-state index in [1.807, 2.05) is 24.3 Å². The van der Waals surface area contributed by atoms with Crippen molar-refractivity contribution in [3.63, 3.8) is 0 Å². The minimum atomic E-state index is -3.55. The summed E-state index contributed by atoms with van der Waals surface area (Å²) in [4.78, 5) is 2.11. The van der Waals surface area contributed by atoms with E-state index in [0.717, 1.165) is 5.69 Å². The van der Waals surface area contributed by atoms with E-state index in [4.69, 9.17) is 16.7 Å². The van der Waals surface area contributed by atoms with Gasteiger partial charge in [0.2, 0.25) is 0 Å². The summed E-state index contributed by atoms with van der Waals surface area (Å²) in [5, 5.41) is 5.77. The van der Waals surface area contributed by atoms with Crippen molar-refractivity contribution in [1.82, 2.24) is 4.31 Å². The molecule has 1 aliphatic rings. The Morgan fingerprint density at radius 3 is 2.06 bits per heavy atom. The smallest absolute Gasteiger partial charge is 0.277 e. The van der Waals surface area contributed by atoms with E-state index < -0.39 is 10.2 Å². The van der Waals surface area contributed by atoms with E-state index in [2.05, 4.69) is 4.90 Å². The third kappa shape index (κ3) is 3.10. The number of rotatable bonds is 2. The van der Waals surface area contributed by atoms with Crippen molar-refractivity contribution in [2.24, 2.45) is 5.14 Å². The average Bonchev–Trinajstić information content (AvgIpc) is 2.29. The van der Waals surface area contributed by atoms with E-state index in [9.17, 15) is 8.42 Å². The molecule has 0 saturated carbocycles. The van der Waals surface area contributed by atoms with Crippen LogP contribution in [0.15, 0.2) is 24.3 Å². The fourth-order valence-electron chi connectivity index (χ4n) is 1.85. The Morgan fingerprint density at radius 2 is 1.59 bits per heavy atom. The normalized spacial score (nSPS) is 18.4. The number of halogens is 1. The van der Waals surface area contributed by atoms with Crippen molar-refractivity contribution < 1.29 is 8.42 Å². The minimum Gasteiger partial charge on any atom is -0.369 e. The van der Waals surface area contributed by atoms with E-state index in [-0.39, 0.29) is 0 Å². The minimum absolute atomic E-state index is 0.418. The highest BCUT2D eigenvalue weighted by molar-refractivity contribution is 7.86. The fourth-order valence-corrected chi connectivity index (χ4v) is 2.65. The molecule has 0 amide bonds. The molecule has 0 spiro atoms. The van der Waals surface area contributed by atoms with Crippen molar-refractivity contribution in [3.05, 3.63) is 29.3 Å². The van der Waals surface area contributed by atoms with Gasteiger partial charge in [-0.3, -0.25) is 0 Å². The molecule has 5 nitrogen and oxygen atoms in total. The van der Waals surface area contributed by atoms with E-state index in [1.54, 1.807) is 0 Å². The second kappa shape index (κ2) is 4.81. The van der Waals surface area contributed by atoms with Crippen LogP contribution in [0.1, 0.15) is 0 Å². The Morgan fingerprint density at radius 1 is 1.06 bits per heavy atom. The second-order valence-corrected chi connectivity index (χ2v) is 5.89. The zero-order valence-electron chi connectivity index (χ0n) is 9.21. The molecule has 0 atom stereocenters. The van der Waals surface area contributed by atoms with Crippen molar-refractivity contribution in [3.8, 4) is 0 Å². The maximum atomic E-state index is 11.1. The Bertz CT molecular complexity index is 481. The fraction of sp³-hybridized carbons (Fsp3) is 0.400. The standard InChI is InChI=1S/C10H14ClN3O2S/c11-9-1-3-10(4-2-9)13-5-7-14(8-6-13)17(12,15)16/h1-4H,5-8H2,(H2,12,15,16). The lowest BCUT2D eigenvalue weighted by Gasteiger charge is -2.34. The first-order chi connectivity index (χ1) is 7.97. The van der Waals surface area contributed by atoms with Crippen LogP contribution in [0.5, 0.6) is 0 Å². The third-order valence-corrected chi connectivity index (χ3v) is 4.13. The lowest BCUT2D eigenvalue weighted by Crippen LogP contribution is -2.50. The molecule has 7 heteroatoms. The molecular formula is C10H14ClN3O2S. The molecule has 0 aromatic heterocycles. The highest BCUT2D eigenvalue weighted by atomic mass is 35.5. The van der Waals surface area contributed by atoms with Crippen LogP contribution in [0, 0.1) is 0 Å². The monoisotopic (exact) mass is 275 g/mol. The summed E-state index contributed by atoms with van der Waals surface area (Å²) in [7, 11) is -3.55. The van der Waals surface area contributed by atoms with Crippen molar-refractivity contribution in [2.75, 3.05) is 31.1 Å². The average molecular weight is 276 g/mol. The number of hydrogen-bond donors (Lipinski definition) is 1. The number of piperazine rings is 1. The first-order valence-corrected chi connectivity index (χ1v) is 7.13. The van der Waals surface area contributed by atoms with Crippen molar-refractivity contribution in [2.45, 2.75) is 0 Å². The Kier molecular flexibility index (Phi) is 3.58. The van der Waals surface area contributed by atoms with Gasteiger partial charge >= 0.3 is 0 Å². The molecule has 1 saturated heterocycles. The number of hydrogen-bond acceptors (Lipinski definition) is 3. The topological polar surface area (TPSA) is 66.6 Å². The molecule has 1 aliphatic heterocycles. The summed E-state index contributed by atoms with van der Waals surface area (Å²) in [5.41, 5.74) is 1.04. The van der Waals surface area contributed by atoms with Crippen LogP contribution in [0.4, 0.5) is 5.69 Å². The second-order valence-electron chi connectivity index (χ2n) is 3.91. The molecule has 1 aromatic carbocycles. The molecule has 0 radical (unpaired) electrons. The molecule has 0 aliphatic carbocycles. The quantitative estimate of drug-likeness (QED) is 0.862. The maximum absolute atomic E-state index is 11.1. The number of benzene rings is 1. The van der Waals surface area contributed by atoms with Crippen molar-refractivity contribution in [1.29, 1.82) is 0 Å². The van der Waals surface area contributed by atoms with Gasteiger partial charge in [-0.15, -0.1) is 0 Å². The highest BCUT2D eigenvalue weighted by Crippen LogP contribution is 2.19. The summed E-state index contributed by atoms with van der Waals surface area (Å²) < 4.78 is 23.6. The van der Waals surface area contributed by atoms with Crippen LogP contribution in [0.2, 0.25) is 5.02 Å². The molecule has 1 heterocycles. The Balaban J connectivity index is 2.02. The van der Waals surface area contributed by atoms with Crippen LogP contribution < -0.4 is 10.0 Å². The maximum Gasteiger partial charge on any atom is 0.277 e. The number of nitrogens with zero attached hydrogens (tertiary/aromatic N) is 2. The van der Waals surface area contributed by atoms with Gasteiger partial charge in [0.05, 0.1) is 0 Å². The molecule has 94 valence electrons. The van der Waals surface area contributed by atoms with Crippen LogP contribution >= 0.6 is 11.6 Å². The van der Waals surface area contributed by atoms with Gasteiger partial charge in [-0.1, -0.05) is 11.6 Å². The summed E-state index contributed by atoms with van der Waals surface area (Å²) in [6.07, 6.45) is 0. The van der Waals surface area contributed by atoms with E-state index in [0.29, 0.717) is 31.2 Å². The van der Waals surface area contributed by atoms with Crippen molar-refractivity contribution >= 4 is 27.5 Å². The van der Waals surface area contributed by atoms with Gasteiger partial charge in [-0.2, -0.15) is 12.7 Å². The zero-order valence-corrected chi connectivity index (χ0v) is 10.8. The van der Waals surface area contributed by atoms with Crippen LogP contribution in [0.25, 0.3) is 0 Å². The lowest BCUT2D eigenvalue weighted by atomic mass is 10.2. The summed E-state index contributed by atoms with van der Waals surface area (Å²) >= 11 is 5.81. The lowest BCUT2D eigenvalue weighted by molar-refractivity contribution is 0.385. The summed E-state index contributed by atoms with van der Waals surface area (Å²) in [6, 6.07) is 7.50. The Labute approximate surface area is 106 Å². The predicted molar refractivity (Wildman–Crippen MR) is 68.3 cm³/mol. The molecule has 2 rings (SSSR count). The van der Waals surface area contributed by atoms with Gasteiger partial charge in [0.1, 0.15) is 0 Å². The van der Waals surface area contributed by atoms with E-state index >= 15 is 0 Å². The molecule has 2 N–H and O–H groups in total. The number of nitrogens with two attached hydrogens (primary N) is 1. The van der Waals surface area contributed by atoms with Crippen LogP contribution in [-0.2, 0) is 10.2 Å².